The third-order valence-electron chi connectivity index (χ3n) is 4.50. The molecule has 0 aromatic carbocycles. The van der Waals surface area contributed by atoms with Crippen molar-refractivity contribution in [1.29, 1.82) is 0 Å². The molecule has 2 N–H and O–H groups in total. The number of aliphatic imine (C=N–C) groups is 1. The predicted octanol–water partition coefficient (Wildman–Crippen LogP) is 2.39. The minimum Gasteiger partial charge on any atom is -0.370 e. The van der Waals surface area contributed by atoms with Crippen molar-refractivity contribution in [3.8, 4) is 0 Å². The van der Waals surface area contributed by atoms with Gasteiger partial charge in [-0.05, 0) is 24.7 Å². The molecule has 3 heteroatoms. The van der Waals surface area contributed by atoms with Crippen LogP contribution in [-0.4, -0.2) is 29.5 Å². The van der Waals surface area contributed by atoms with E-state index in [1.54, 1.807) is 0 Å². The summed E-state index contributed by atoms with van der Waals surface area (Å²) in [5, 5.41) is 0. The van der Waals surface area contributed by atoms with E-state index < -0.39 is 0 Å². The lowest BCUT2D eigenvalue weighted by Gasteiger charge is -2.45. The van der Waals surface area contributed by atoms with Crippen LogP contribution in [0.5, 0.6) is 0 Å². The fraction of sp³-hybridized carbons (Fsp3) is 0.786. The van der Waals surface area contributed by atoms with E-state index in [1.165, 1.54) is 25.7 Å². The molecule has 0 saturated heterocycles. The van der Waals surface area contributed by atoms with Gasteiger partial charge in [-0.1, -0.05) is 32.8 Å². The van der Waals surface area contributed by atoms with Crippen molar-refractivity contribution in [2.45, 2.75) is 45.1 Å². The molecule has 1 aliphatic heterocycles. The van der Waals surface area contributed by atoms with Gasteiger partial charge in [-0.3, -0.25) is 4.99 Å². The molecule has 2 atom stereocenters. The summed E-state index contributed by atoms with van der Waals surface area (Å²) in [6.45, 7) is 10.2. The summed E-state index contributed by atoms with van der Waals surface area (Å²) in [5.74, 6) is 2.30. The zero-order valence-corrected chi connectivity index (χ0v) is 11.2. The van der Waals surface area contributed by atoms with Gasteiger partial charge in [0, 0.05) is 6.54 Å². The van der Waals surface area contributed by atoms with E-state index in [2.05, 4.69) is 30.3 Å². The predicted molar refractivity (Wildman–Crippen MR) is 72.9 cm³/mol. The Balaban J connectivity index is 2.15. The second-order valence-corrected chi connectivity index (χ2v) is 5.90. The Morgan fingerprint density at radius 1 is 1.65 bits per heavy atom. The zero-order valence-electron chi connectivity index (χ0n) is 11.2. The Bertz CT molecular complexity index is 321. The van der Waals surface area contributed by atoms with Crippen LogP contribution in [0.2, 0.25) is 0 Å². The van der Waals surface area contributed by atoms with E-state index >= 15 is 0 Å². The second-order valence-electron chi connectivity index (χ2n) is 5.90. The van der Waals surface area contributed by atoms with Crippen LogP contribution in [0.25, 0.3) is 0 Å². The molecule has 1 aliphatic carbocycles. The van der Waals surface area contributed by atoms with Gasteiger partial charge in [-0.25, -0.2) is 0 Å². The van der Waals surface area contributed by atoms with Gasteiger partial charge in [-0.15, -0.1) is 6.58 Å². The summed E-state index contributed by atoms with van der Waals surface area (Å²) in [5.41, 5.74) is 6.22. The second kappa shape index (κ2) is 4.71. The highest BCUT2D eigenvalue weighted by molar-refractivity contribution is 5.81. The van der Waals surface area contributed by atoms with Crippen LogP contribution < -0.4 is 5.73 Å². The molecule has 0 amide bonds. The van der Waals surface area contributed by atoms with Gasteiger partial charge in [0.25, 0.3) is 0 Å². The van der Waals surface area contributed by atoms with E-state index in [1.807, 2.05) is 6.08 Å². The van der Waals surface area contributed by atoms with Gasteiger partial charge in [0.2, 0.25) is 0 Å². The fourth-order valence-electron chi connectivity index (χ4n) is 3.40. The molecular formula is C14H25N3. The van der Waals surface area contributed by atoms with Crippen LogP contribution >= 0.6 is 0 Å². The minimum atomic E-state index is 0.200. The summed E-state index contributed by atoms with van der Waals surface area (Å²) in [7, 11) is 0. The Labute approximate surface area is 105 Å². The smallest absolute Gasteiger partial charge is 0.192 e. The maximum atomic E-state index is 6.02. The summed E-state index contributed by atoms with van der Waals surface area (Å²) in [6, 6.07) is 0. The first kappa shape index (κ1) is 12.5. The lowest BCUT2D eigenvalue weighted by Crippen LogP contribution is -2.54. The molecule has 1 heterocycles. The van der Waals surface area contributed by atoms with Crippen LogP contribution in [0.1, 0.15) is 39.5 Å². The van der Waals surface area contributed by atoms with Gasteiger partial charge < -0.3 is 10.6 Å². The molecule has 2 aliphatic rings. The van der Waals surface area contributed by atoms with Crippen molar-refractivity contribution in [2.24, 2.45) is 22.6 Å². The first-order chi connectivity index (χ1) is 8.09. The van der Waals surface area contributed by atoms with Crippen molar-refractivity contribution in [1.82, 2.24) is 4.90 Å². The molecule has 1 spiro atoms. The molecule has 96 valence electrons. The van der Waals surface area contributed by atoms with E-state index in [9.17, 15) is 0 Å². The zero-order chi connectivity index (χ0) is 12.5. The highest BCUT2D eigenvalue weighted by Gasteiger charge is 2.45. The van der Waals surface area contributed by atoms with Crippen LogP contribution in [0.4, 0.5) is 0 Å². The van der Waals surface area contributed by atoms with Crippen molar-refractivity contribution >= 4 is 5.96 Å². The maximum absolute atomic E-state index is 6.02. The summed E-state index contributed by atoms with van der Waals surface area (Å²) < 4.78 is 0. The highest BCUT2D eigenvalue weighted by Crippen LogP contribution is 2.42. The highest BCUT2D eigenvalue weighted by atomic mass is 15.4. The van der Waals surface area contributed by atoms with Crippen molar-refractivity contribution in [3.05, 3.63) is 12.7 Å². The molecule has 3 nitrogen and oxygen atoms in total. The molecule has 17 heavy (non-hydrogen) atoms. The Kier molecular flexibility index (Phi) is 3.45. The molecule has 0 aromatic rings. The topological polar surface area (TPSA) is 41.6 Å². The molecule has 2 unspecified atom stereocenters. The third kappa shape index (κ3) is 2.20. The van der Waals surface area contributed by atoms with Gasteiger partial charge >= 0.3 is 0 Å². The monoisotopic (exact) mass is 235 g/mol. The normalized spacial score (nSPS) is 33.2. The van der Waals surface area contributed by atoms with E-state index in [4.69, 9.17) is 5.73 Å². The van der Waals surface area contributed by atoms with Crippen molar-refractivity contribution in [2.75, 3.05) is 13.1 Å². The van der Waals surface area contributed by atoms with Gasteiger partial charge in [0.15, 0.2) is 5.96 Å². The number of guanidine groups is 1. The Morgan fingerprint density at radius 2 is 2.41 bits per heavy atom. The van der Waals surface area contributed by atoms with Crippen LogP contribution in [-0.2, 0) is 0 Å². The van der Waals surface area contributed by atoms with Crippen LogP contribution in [0, 0.1) is 11.8 Å². The quantitative estimate of drug-likeness (QED) is 0.763. The average molecular weight is 235 g/mol. The molecule has 1 fully saturated rings. The first-order valence-corrected chi connectivity index (χ1v) is 6.77. The molecule has 0 aromatic heterocycles. The summed E-state index contributed by atoms with van der Waals surface area (Å²) in [4.78, 5) is 6.77. The fourth-order valence-corrected chi connectivity index (χ4v) is 3.40. The van der Waals surface area contributed by atoms with Gasteiger partial charge in [0.1, 0.15) is 0 Å². The number of nitrogens with zero attached hydrogens (tertiary/aromatic N) is 2. The molecular weight excluding hydrogens is 210 g/mol. The van der Waals surface area contributed by atoms with Crippen LogP contribution in [0.15, 0.2) is 17.6 Å². The number of rotatable bonds is 3. The summed E-state index contributed by atoms with van der Waals surface area (Å²) in [6.07, 6.45) is 7.08. The third-order valence-corrected chi connectivity index (χ3v) is 4.50. The maximum Gasteiger partial charge on any atom is 0.192 e. The van der Waals surface area contributed by atoms with Crippen molar-refractivity contribution in [3.63, 3.8) is 0 Å². The van der Waals surface area contributed by atoms with E-state index in [-0.39, 0.29) is 5.54 Å². The molecule has 2 rings (SSSR count). The van der Waals surface area contributed by atoms with Crippen molar-refractivity contribution < 1.29 is 0 Å². The van der Waals surface area contributed by atoms with E-state index in [0.29, 0.717) is 5.96 Å². The Morgan fingerprint density at radius 3 is 3.06 bits per heavy atom. The first-order valence-electron chi connectivity index (χ1n) is 6.77. The number of hydrogen-bond acceptors (Lipinski definition) is 3. The standard InChI is InChI=1S/C14H25N3/c1-4-8-17-13(15)16-10-14(17)7-5-6-12(9-14)11(2)3/h4,11-12H,1,5-10H2,2-3H3,(H2,15,16). The SMILES string of the molecule is C=CCN1C(N)=NCC12CCCC(C(C)C)C2. The molecule has 0 radical (unpaired) electrons. The molecule has 0 bridgehead atoms. The lowest BCUT2D eigenvalue weighted by atomic mass is 9.71. The Hall–Kier alpha value is -0.990. The molecule has 1 saturated carbocycles. The van der Waals surface area contributed by atoms with Gasteiger partial charge in [-0.2, -0.15) is 0 Å². The number of hydrogen-bond donors (Lipinski definition) is 1. The van der Waals surface area contributed by atoms with Crippen LogP contribution in [0.3, 0.4) is 0 Å². The average Bonchev–Trinajstić information content (AvgIpc) is 2.59. The lowest BCUT2D eigenvalue weighted by molar-refractivity contribution is 0.0969. The van der Waals surface area contributed by atoms with E-state index in [0.717, 1.165) is 24.9 Å². The summed E-state index contributed by atoms with van der Waals surface area (Å²) >= 11 is 0. The minimum absolute atomic E-state index is 0.200. The largest absolute Gasteiger partial charge is 0.370 e. The van der Waals surface area contributed by atoms with Gasteiger partial charge in [0.05, 0.1) is 12.1 Å². The number of nitrogens with two attached hydrogens (primary N) is 1.